The molecule has 102 valence electrons. The van der Waals surface area contributed by atoms with E-state index < -0.39 is 0 Å². The van der Waals surface area contributed by atoms with Crippen molar-refractivity contribution in [2.24, 2.45) is 17.8 Å². The number of carbonyl (C=O) groups is 1. The van der Waals surface area contributed by atoms with Gasteiger partial charge in [0.2, 0.25) is 5.91 Å². The zero-order valence-electron chi connectivity index (χ0n) is 11.1. The summed E-state index contributed by atoms with van der Waals surface area (Å²) in [6.07, 6.45) is 5.95. The van der Waals surface area contributed by atoms with E-state index in [-0.39, 0.29) is 11.7 Å². The molecule has 0 heterocycles. The van der Waals surface area contributed by atoms with E-state index >= 15 is 0 Å². The summed E-state index contributed by atoms with van der Waals surface area (Å²) in [5, 5.41) is 2.94. The van der Waals surface area contributed by atoms with Gasteiger partial charge in [-0.15, -0.1) is 0 Å². The molecule has 0 saturated heterocycles. The highest BCUT2D eigenvalue weighted by atomic mass is 19.1. The summed E-state index contributed by atoms with van der Waals surface area (Å²) in [6, 6.07) is 6.29. The fourth-order valence-corrected chi connectivity index (χ4v) is 3.74. The van der Waals surface area contributed by atoms with Crippen LogP contribution in [-0.2, 0) is 11.3 Å². The number of hydrogen-bond donors (Lipinski definition) is 1. The van der Waals surface area contributed by atoms with Crippen LogP contribution in [0.25, 0.3) is 0 Å². The normalized spacial score (nSPS) is 28.6. The van der Waals surface area contributed by atoms with Crippen LogP contribution in [0.1, 0.15) is 37.7 Å². The standard InChI is InChI=1S/C16H20FNO/c17-15-5-2-11(3-6-15)10-18-16(19)9-14-8-12-1-4-13(14)7-12/h2-3,5-6,12-14H,1,4,7-10H2,(H,18,19)/t12-,13+,14-/m0/s1. The Bertz CT molecular complexity index is 456. The number of amides is 1. The molecular weight excluding hydrogens is 241 g/mol. The second-order valence-corrected chi connectivity index (χ2v) is 6.04. The molecule has 0 aromatic heterocycles. The summed E-state index contributed by atoms with van der Waals surface area (Å²) >= 11 is 0. The van der Waals surface area contributed by atoms with Gasteiger partial charge in [0.15, 0.2) is 0 Å². The molecule has 3 heteroatoms. The van der Waals surface area contributed by atoms with Gasteiger partial charge in [-0.3, -0.25) is 4.79 Å². The number of rotatable bonds is 4. The smallest absolute Gasteiger partial charge is 0.220 e. The van der Waals surface area contributed by atoms with E-state index in [1.165, 1.54) is 37.8 Å². The monoisotopic (exact) mass is 261 g/mol. The van der Waals surface area contributed by atoms with E-state index in [1.54, 1.807) is 12.1 Å². The summed E-state index contributed by atoms with van der Waals surface area (Å²) in [6.45, 7) is 0.500. The van der Waals surface area contributed by atoms with Gasteiger partial charge in [0.25, 0.3) is 0 Å². The maximum absolute atomic E-state index is 12.8. The Labute approximate surface area is 113 Å². The van der Waals surface area contributed by atoms with Crippen LogP contribution in [-0.4, -0.2) is 5.91 Å². The van der Waals surface area contributed by atoms with Crippen LogP contribution < -0.4 is 5.32 Å². The molecule has 19 heavy (non-hydrogen) atoms. The van der Waals surface area contributed by atoms with Crippen LogP contribution in [0.2, 0.25) is 0 Å². The third-order valence-corrected chi connectivity index (χ3v) is 4.74. The molecule has 2 fully saturated rings. The van der Waals surface area contributed by atoms with Gasteiger partial charge < -0.3 is 5.32 Å². The number of fused-ring (bicyclic) bond motifs is 2. The third-order valence-electron chi connectivity index (χ3n) is 4.74. The number of nitrogens with one attached hydrogen (secondary N) is 1. The molecule has 1 amide bonds. The largest absolute Gasteiger partial charge is 0.352 e. The molecule has 2 bridgehead atoms. The second kappa shape index (κ2) is 5.32. The zero-order valence-corrected chi connectivity index (χ0v) is 11.1. The van der Waals surface area contributed by atoms with Gasteiger partial charge in [0.05, 0.1) is 0 Å². The van der Waals surface area contributed by atoms with Crippen molar-refractivity contribution in [1.29, 1.82) is 0 Å². The van der Waals surface area contributed by atoms with Crippen LogP contribution in [0.3, 0.4) is 0 Å². The molecule has 2 aliphatic rings. The first-order valence-corrected chi connectivity index (χ1v) is 7.22. The van der Waals surface area contributed by atoms with Crippen LogP contribution in [0, 0.1) is 23.6 Å². The summed E-state index contributed by atoms with van der Waals surface area (Å²) in [4.78, 5) is 11.9. The Balaban J connectivity index is 1.45. The number of benzene rings is 1. The minimum atomic E-state index is -0.239. The Hall–Kier alpha value is -1.38. The molecule has 1 aromatic rings. The minimum Gasteiger partial charge on any atom is -0.352 e. The molecule has 2 nitrogen and oxygen atoms in total. The van der Waals surface area contributed by atoms with Gasteiger partial charge in [-0.2, -0.15) is 0 Å². The van der Waals surface area contributed by atoms with Crippen molar-refractivity contribution in [1.82, 2.24) is 5.32 Å². The molecule has 0 radical (unpaired) electrons. The first-order valence-electron chi connectivity index (χ1n) is 7.22. The lowest BCUT2D eigenvalue weighted by atomic mass is 9.86. The van der Waals surface area contributed by atoms with Gasteiger partial charge in [0, 0.05) is 13.0 Å². The van der Waals surface area contributed by atoms with Crippen molar-refractivity contribution < 1.29 is 9.18 Å². The Morgan fingerprint density at radius 2 is 2.00 bits per heavy atom. The first kappa shape index (κ1) is 12.6. The highest BCUT2D eigenvalue weighted by molar-refractivity contribution is 5.76. The zero-order chi connectivity index (χ0) is 13.2. The predicted octanol–water partition coefficient (Wildman–Crippen LogP) is 3.27. The van der Waals surface area contributed by atoms with Crippen molar-refractivity contribution in [3.8, 4) is 0 Å². The van der Waals surface area contributed by atoms with Gasteiger partial charge in [-0.05, 0) is 54.7 Å². The van der Waals surface area contributed by atoms with Gasteiger partial charge in [0.1, 0.15) is 5.82 Å². The molecule has 0 spiro atoms. The van der Waals surface area contributed by atoms with Crippen LogP contribution in [0.4, 0.5) is 4.39 Å². The van der Waals surface area contributed by atoms with Crippen LogP contribution in [0.5, 0.6) is 0 Å². The van der Waals surface area contributed by atoms with Gasteiger partial charge >= 0.3 is 0 Å². The number of carbonyl (C=O) groups excluding carboxylic acids is 1. The molecule has 0 unspecified atom stereocenters. The SMILES string of the molecule is O=C(C[C@@H]1C[C@H]2CC[C@@H]1C2)NCc1ccc(F)cc1. The summed E-state index contributed by atoms with van der Waals surface area (Å²) in [7, 11) is 0. The topological polar surface area (TPSA) is 29.1 Å². The second-order valence-electron chi connectivity index (χ2n) is 6.04. The maximum Gasteiger partial charge on any atom is 0.220 e. The predicted molar refractivity (Wildman–Crippen MR) is 71.8 cm³/mol. The number of hydrogen-bond acceptors (Lipinski definition) is 1. The van der Waals surface area contributed by atoms with Crippen molar-refractivity contribution in [2.45, 2.75) is 38.6 Å². The lowest BCUT2D eigenvalue weighted by Crippen LogP contribution is -2.26. The Morgan fingerprint density at radius 3 is 2.63 bits per heavy atom. The van der Waals surface area contributed by atoms with Gasteiger partial charge in [-0.1, -0.05) is 18.6 Å². The molecule has 1 aromatic carbocycles. The van der Waals surface area contributed by atoms with E-state index in [0.717, 1.165) is 17.4 Å². The van der Waals surface area contributed by atoms with Crippen LogP contribution >= 0.6 is 0 Å². The average Bonchev–Trinajstić information content (AvgIpc) is 3.00. The van der Waals surface area contributed by atoms with Gasteiger partial charge in [-0.25, -0.2) is 4.39 Å². The molecule has 2 saturated carbocycles. The van der Waals surface area contributed by atoms with E-state index in [4.69, 9.17) is 0 Å². The van der Waals surface area contributed by atoms with E-state index in [0.29, 0.717) is 18.9 Å². The fraction of sp³-hybridized carbons (Fsp3) is 0.562. The Kier molecular flexibility index (Phi) is 3.54. The molecule has 3 rings (SSSR count). The summed E-state index contributed by atoms with van der Waals surface area (Å²) in [5.74, 6) is 2.19. The average molecular weight is 261 g/mol. The van der Waals surface area contributed by atoms with E-state index in [2.05, 4.69) is 5.32 Å². The molecule has 0 aliphatic heterocycles. The minimum absolute atomic E-state index is 0.141. The van der Waals surface area contributed by atoms with Crippen molar-refractivity contribution in [3.05, 3.63) is 35.6 Å². The molecule has 2 aliphatic carbocycles. The highest BCUT2D eigenvalue weighted by Crippen LogP contribution is 2.49. The first-order chi connectivity index (χ1) is 9.20. The Morgan fingerprint density at radius 1 is 1.21 bits per heavy atom. The van der Waals surface area contributed by atoms with Crippen molar-refractivity contribution >= 4 is 5.91 Å². The fourth-order valence-electron chi connectivity index (χ4n) is 3.74. The molecule has 3 atom stereocenters. The lowest BCUT2D eigenvalue weighted by Gasteiger charge is -2.20. The molecular formula is C16H20FNO. The number of halogens is 1. The summed E-state index contributed by atoms with van der Waals surface area (Å²) in [5.41, 5.74) is 0.947. The molecule has 1 N–H and O–H groups in total. The highest BCUT2D eigenvalue weighted by Gasteiger charge is 2.39. The van der Waals surface area contributed by atoms with E-state index in [9.17, 15) is 9.18 Å². The van der Waals surface area contributed by atoms with E-state index in [1.807, 2.05) is 0 Å². The quantitative estimate of drug-likeness (QED) is 0.885. The summed E-state index contributed by atoms with van der Waals surface area (Å²) < 4.78 is 12.8. The maximum atomic E-state index is 12.8. The van der Waals surface area contributed by atoms with Crippen molar-refractivity contribution in [3.63, 3.8) is 0 Å². The lowest BCUT2D eigenvalue weighted by molar-refractivity contribution is -0.122. The van der Waals surface area contributed by atoms with Crippen molar-refractivity contribution in [2.75, 3.05) is 0 Å². The third kappa shape index (κ3) is 2.96. The van der Waals surface area contributed by atoms with Crippen LogP contribution in [0.15, 0.2) is 24.3 Å².